The van der Waals surface area contributed by atoms with Crippen LogP contribution in [0.5, 0.6) is 0 Å². The molecule has 2 aromatic rings. The summed E-state index contributed by atoms with van der Waals surface area (Å²) in [6.07, 6.45) is 0.960. The van der Waals surface area contributed by atoms with Gasteiger partial charge in [0.05, 0.1) is 4.34 Å². The first-order chi connectivity index (χ1) is 9.17. The molecule has 1 aromatic carbocycles. The molecule has 0 fully saturated rings. The number of halogens is 2. The predicted octanol–water partition coefficient (Wildman–Crippen LogP) is 4.46. The molecule has 0 saturated heterocycles. The first-order valence-electron chi connectivity index (χ1n) is 5.97. The Labute approximate surface area is 126 Å². The zero-order chi connectivity index (χ0) is 13.7. The van der Waals surface area contributed by atoms with Crippen LogP contribution in [-0.2, 0) is 6.42 Å². The highest BCUT2D eigenvalue weighted by Gasteiger charge is 2.09. The van der Waals surface area contributed by atoms with Gasteiger partial charge in [0.15, 0.2) is 0 Å². The van der Waals surface area contributed by atoms with Gasteiger partial charge in [-0.05, 0) is 49.9 Å². The van der Waals surface area contributed by atoms with E-state index in [0.717, 1.165) is 21.4 Å². The monoisotopic (exact) mass is 315 g/mol. The van der Waals surface area contributed by atoms with E-state index < -0.39 is 0 Å². The highest BCUT2D eigenvalue weighted by molar-refractivity contribution is 7.99. The van der Waals surface area contributed by atoms with Crippen molar-refractivity contribution in [2.24, 2.45) is 0 Å². The third-order valence-electron chi connectivity index (χ3n) is 2.75. The van der Waals surface area contributed by atoms with E-state index in [9.17, 15) is 4.39 Å². The second kappa shape index (κ2) is 7.29. The average Bonchev–Trinajstić information content (AvgIpc) is 2.82. The van der Waals surface area contributed by atoms with Crippen molar-refractivity contribution in [2.75, 3.05) is 12.8 Å². The van der Waals surface area contributed by atoms with Crippen LogP contribution in [0.15, 0.2) is 41.3 Å². The zero-order valence-corrected chi connectivity index (χ0v) is 12.9. The predicted molar refractivity (Wildman–Crippen MR) is 83.0 cm³/mol. The van der Waals surface area contributed by atoms with Crippen molar-refractivity contribution in [1.29, 1.82) is 0 Å². The van der Waals surface area contributed by atoms with Crippen LogP contribution in [0.4, 0.5) is 4.39 Å². The lowest BCUT2D eigenvalue weighted by molar-refractivity contribution is 0.621. The minimum Gasteiger partial charge on any atom is -0.316 e. The fourth-order valence-corrected chi connectivity index (χ4v) is 3.85. The molecule has 0 radical (unpaired) electrons. The van der Waals surface area contributed by atoms with Gasteiger partial charge in [0.2, 0.25) is 0 Å². The Morgan fingerprint density at radius 2 is 2.00 bits per heavy atom. The minimum atomic E-state index is -0.192. The van der Waals surface area contributed by atoms with E-state index in [0.29, 0.717) is 6.04 Å². The van der Waals surface area contributed by atoms with Gasteiger partial charge in [-0.1, -0.05) is 11.6 Å². The Balaban J connectivity index is 1.87. The molecule has 1 aromatic heterocycles. The molecule has 5 heteroatoms. The summed E-state index contributed by atoms with van der Waals surface area (Å²) in [6, 6.07) is 11.0. The van der Waals surface area contributed by atoms with Crippen LogP contribution in [0.2, 0.25) is 4.34 Å². The largest absolute Gasteiger partial charge is 0.316 e. The maximum Gasteiger partial charge on any atom is 0.123 e. The van der Waals surface area contributed by atoms with Crippen LogP contribution in [0.25, 0.3) is 0 Å². The quantitative estimate of drug-likeness (QED) is 0.790. The molecule has 1 heterocycles. The summed E-state index contributed by atoms with van der Waals surface area (Å²) in [5.41, 5.74) is 0. The Morgan fingerprint density at radius 1 is 1.26 bits per heavy atom. The van der Waals surface area contributed by atoms with Crippen molar-refractivity contribution < 1.29 is 4.39 Å². The molecule has 0 saturated carbocycles. The average molecular weight is 316 g/mol. The van der Waals surface area contributed by atoms with Crippen LogP contribution in [0.1, 0.15) is 4.88 Å². The van der Waals surface area contributed by atoms with Gasteiger partial charge in [-0.15, -0.1) is 23.1 Å². The van der Waals surface area contributed by atoms with Crippen LogP contribution in [0.3, 0.4) is 0 Å². The molecular weight excluding hydrogens is 301 g/mol. The van der Waals surface area contributed by atoms with Gasteiger partial charge in [0.1, 0.15) is 5.82 Å². The van der Waals surface area contributed by atoms with E-state index in [1.54, 1.807) is 23.1 Å². The Hall–Kier alpha value is -0.550. The Morgan fingerprint density at radius 3 is 2.58 bits per heavy atom. The number of thioether (sulfide) groups is 1. The molecule has 0 aliphatic heterocycles. The lowest BCUT2D eigenvalue weighted by atomic mass is 10.2. The highest BCUT2D eigenvalue weighted by atomic mass is 35.5. The molecule has 1 atom stereocenters. The van der Waals surface area contributed by atoms with Crippen molar-refractivity contribution >= 4 is 34.7 Å². The van der Waals surface area contributed by atoms with Gasteiger partial charge in [0.25, 0.3) is 0 Å². The number of hydrogen-bond acceptors (Lipinski definition) is 3. The maximum atomic E-state index is 12.8. The fraction of sp³-hybridized carbons (Fsp3) is 0.286. The van der Waals surface area contributed by atoms with Crippen LogP contribution < -0.4 is 5.32 Å². The van der Waals surface area contributed by atoms with Gasteiger partial charge in [0, 0.05) is 21.6 Å². The van der Waals surface area contributed by atoms with Gasteiger partial charge in [-0.25, -0.2) is 4.39 Å². The van der Waals surface area contributed by atoms with Crippen molar-refractivity contribution in [2.45, 2.75) is 17.4 Å². The van der Waals surface area contributed by atoms with E-state index in [1.165, 1.54) is 17.0 Å². The summed E-state index contributed by atoms with van der Waals surface area (Å²) < 4.78 is 13.6. The molecule has 0 aliphatic rings. The summed E-state index contributed by atoms with van der Waals surface area (Å²) in [5.74, 6) is 0.750. The molecule has 0 amide bonds. The standard InChI is InChI=1S/C14H15ClFNS2/c1-17-11(8-13-6-7-14(15)19-13)9-18-12-4-2-10(16)3-5-12/h2-7,11,17H,8-9H2,1H3. The maximum absolute atomic E-state index is 12.8. The molecule has 2 rings (SSSR count). The summed E-state index contributed by atoms with van der Waals surface area (Å²) in [5, 5.41) is 3.31. The molecule has 0 aliphatic carbocycles. The fourth-order valence-electron chi connectivity index (χ4n) is 1.68. The van der Waals surface area contributed by atoms with E-state index in [1.807, 2.05) is 25.2 Å². The molecular formula is C14H15ClFNS2. The van der Waals surface area contributed by atoms with Crippen LogP contribution in [0, 0.1) is 5.82 Å². The summed E-state index contributed by atoms with van der Waals surface area (Å²) in [7, 11) is 1.96. The first kappa shape index (κ1) is 14.9. The summed E-state index contributed by atoms with van der Waals surface area (Å²) in [4.78, 5) is 2.37. The molecule has 1 unspecified atom stereocenters. The van der Waals surface area contributed by atoms with Crippen LogP contribution >= 0.6 is 34.7 Å². The molecule has 0 bridgehead atoms. The number of hydrogen-bond donors (Lipinski definition) is 1. The number of benzene rings is 1. The van der Waals surface area contributed by atoms with E-state index in [2.05, 4.69) is 11.4 Å². The van der Waals surface area contributed by atoms with E-state index in [4.69, 9.17) is 11.6 Å². The summed E-state index contributed by atoms with van der Waals surface area (Å²) in [6.45, 7) is 0. The van der Waals surface area contributed by atoms with E-state index in [-0.39, 0.29) is 5.82 Å². The molecule has 0 spiro atoms. The topological polar surface area (TPSA) is 12.0 Å². The van der Waals surface area contributed by atoms with Gasteiger partial charge in [-0.2, -0.15) is 0 Å². The molecule has 1 nitrogen and oxygen atoms in total. The second-order valence-electron chi connectivity index (χ2n) is 4.16. The number of rotatable bonds is 6. The lowest BCUT2D eigenvalue weighted by Crippen LogP contribution is -2.29. The molecule has 19 heavy (non-hydrogen) atoms. The minimum absolute atomic E-state index is 0.192. The van der Waals surface area contributed by atoms with Crippen molar-refractivity contribution in [1.82, 2.24) is 5.32 Å². The Bertz CT molecular complexity index is 512. The van der Waals surface area contributed by atoms with E-state index >= 15 is 0 Å². The third-order valence-corrected chi connectivity index (χ3v) is 5.18. The van der Waals surface area contributed by atoms with Crippen molar-refractivity contribution in [3.05, 3.63) is 51.4 Å². The van der Waals surface area contributed by atoms with Gasteiger partial charge >= 0.3 is 0 Å². The number of likely N-dealkylation sites (N-methyl/N-ethyl adjacent to an activating group) is 1. The van der Waals surface area contributed by atoms with Crippen molar-refractivity contribution in [3.8, 4) is 0 Å². The van der Waals surface area contributed by atoms with Gasteiger partial charge in [-0.3, -0.25) is 0 Å². The second-order valence-corrected chi connectivity index (χ2v) is 7.05. The smallest absolute Gasteiger partial charge is 0.123 e. The third kappa shape index (κ3) is 4.80. The number of thiophene rings is 1. The zero-order valence-electron chi connectivity index (χ0n) is 10.5. The number of nitrogens with one attached hydrogen (secondary N) is 1. The SMILES string of the molecule is CNC(CSc1ccc(F)cc1)Cc1ccc(Cl)s1. The lowest BCUT2D eigenvalue weighted by Gasteiger charge is -2.14. The van der Waals surface area contributed by atoms with Crippen LogP contribution in [-0.4, -0.2) is 18.8 Å². The molecule has 102 valence electrons. The molecule has 1 N–H and O–H groups in total. The first-order valence-corrected chi connectivity index (χ1v) is 8.15. The van der Waals surface area contributed by atoms with Crippen molar-refractivity contribution in [3.63, 3.8) is 0 Å². The van der Waals surface area contributed by atoms with Gasteiger partial charge < -0.3 is 5.32 Å². The summed E-state index contributed by atoms with van der Waals surface area (Å²) >= 11 is 9.28. The normalized spacial score (nSPS) is 12.6. The highest BCUT2D eigenvalue weighted by Crippen LogP contribution is 2.24. The Kier molecular flexibility index (Phi) is 5.70.